The van der Waals surface area contributed by atoms with E-state index >= 15 is 0 Å². The summed E-state index contributed by atoms with van der Waals surface area (Å²) < 4.78 is 14.2. The third-order valence-electron chi connectivity index (χ3n) is 5.42. The molecule has 1 saturated heterocycles. The van der Waals surface area contributed by atoms with Crippen LogP contribution in [0.4, 0.5) is 9.18 Å². The number of imide groups is 1. The van der Waals surface area contributed by atoms with Crippen molar-refractivity contribution in [3.8, 4) is 0 Å². The van der Waals surface area contributed by atoms with Gasteiger partial charge in [-0.1, -0.05) is 17.7 Å². The quantitative estimate of drug-likeness (QED) is 0.784. The van der Waals surface area contributed by atoms with Crippen LogP contribution in [0.15, 0.2) is 35.1 Å². The molecular weight excluding hydrogens is 401 g/mol. The molecule has 10 heteroatoms. The van der Waals surface area contributed by atoms with Crippen LogP contribution in [-0.2, 0) is 11.3 Å². The Balaban J connectivity index is 1.64. The number of carbonyl (C=O) groups is 2. The predicted molar refractivity (Wildman–Crippen MR) is 104 cm³/mol. The van der Waals surface area contributed by atoms with Gasteiger partial charge in [0.25, 0.3) is 5.91 Å². The van der Waals surface area contributed by atoms with Gasteiger partial charge >= 0.3 is 6.03 Å². The number of hydrogen-bond donors (Lipinski definition) is 1. The molecule has 1 aromatic rings. The van der Waals surface area contributed by atoms with Crippen LogP contribution in [0.5, 0.6) is 0 Å². The maximum Gasteiger partial charge on any atom is 0.328 e. The fourth-order valence-electron chi connectivity index (χ4n) is 3.89. The number of urea groups is 1. The number of nitrogens with zero attached hydrogens (tertiary/aromatic N) is 5. The number of allylic oxidation sites excluding steroid dienone is 1. The largest absolute Gasteiger partial charge is 0.396 e. The molecule has 1 N–H and O–H groups in total. The van der Waals surface area contributed by atoms with E-state index in [4.69, 9.17) is 16.7 Å². The molecule has 0 saturated carbocycles. The molecule has 1 fully saturated rings. The molecule has 2 unspecified atom stereocenters. The summed E-state index contributed by atoms with van der Waals surface area (Å²) in [5, 5.41) is 9.30. The molecule has 0 bridgehead atoms. The van der Waals surface area contributed by atoms with Crippen molar-refractivity contribution in [2.75, 3.05) is 20.2 Å². The fraction of sp³-hybridized carbons (Fsp3) is 0.421. The second-order valence-corrected chi connectivity index (χ2v) is 7.62. The smallest absolute Gasteiger partial charge is 0.328 e. The maximum absolute atomic E-state index is 14.2. The summed E-state index contributed by atoms with van der Waals surface area (Å²) in [6, 6.07) is 2.96. The zero-order chi connectivity index (χ0) is 20.9. The van der Waals surface area contributed by atoms with Gasteiger partial charge in [0.05, 0.1) is 6.54 Å². The van der Waals surface area contributed by atoms with E-state index in [1.807, 2.05) is 18.0 Å². The first-order chi connectivity index (χ1) is 13.8. The molecule has 0 aliphatic carbocycles. The van der Waals surface area contributed by atoms with Gasteiger partial charge in [-0.05, 0) is 25.5 Å². The zero-order valence-electron chi connectivity index (χ0n) is 16.0. The molecule has 3 aliphatic heterocycles. The van der Waals surface area contributed by atoms with Gasteiger partial charge < -0.3 is 19.8 Å². The molecular formula is C19H21ClFN5O3. The van der Waals surface area contributed by atoms with Crippen molar-refractivity contribution in [1.82, 2.24) is 19.6 Å². The standard InChI is InChI=1S/C19H21ClFN5O3/c1-11-9-25-15-16(22-18(25)24(11)7-4-8-27)23(2)19(29)26(17(15)28)10-12-13(20)5-3-6-14(12)21/h3,5-6,9,15-16,27H,4,7-8,10H2,1-2H3. The number of likely N-dealkylation sites (N-methyl/N-ethyl adjacent to an activating group) is 1. The van der Waals surface area contributed by atoms with Crippen molar-refractivity contribution in [2.45, 2.75) is 32.1 Å². The highest BCUT2D eigenvalue weighted by molar-refractivity contribution is 6.31. The van der Waals surface area contributed by atoms with Gasteiger partial charge in [0.1, 0.15) is 5.82 Å². The summed E-state index contributed by atoms with van der Waals surface area (Å²) in [6.07, 6.45) is 1.70. The number of aliphatic hydroxyl groups is 1. The molecule has 0 aromatic heterocycles. The van der Waals surface area contributed by atoms with Crippen molar-refractivity contribution < 1.29 is 19.1 Å². The van der Waals surface area contributed by atoms with Crippen LogP contribution in [0.2, 0.25) is 5.02 Å². The van der Waals surface area contributed by atoms with E-state index in [-0.39, 0.29) is 23.7 Å². The van der Waals surface area contributed by atoms with Gasteiger partial charge in [0.15, 0.2) is 12.2 Å². The zero-order valence-corrected chi connectivity index (χ0v) is 16.8. The monoisotopic (exact) mass is 421 g/mol. The van der Waals surface area contributed by atoms with E-state index in [9.17, 15) is 14.0 Å². The van der Waals surface area contributed by atoms with Crippen LogP contribution >= 0.6 is 11.6 Å². The molecule has 1 aromatic carbocycles. The molecule has 0 radical (unpaired) electrons. The Hall–Kier alpha value is -2.65. The van der Waals surface area contributed by atoms with Crippen LogP contribution in [0, 0.1) is 5.82 Å². The molecule has 29 heavy (non-hydrogen) atoms. The minimum Gasteiger partial charge on any atom is -0.396 e. The summed E-state index contributed by atoms with van der Waals surface area (Å²) in [4.78, 5) is 36.8. The normalized spacial score (nSPS) is 23.5. The summed E-state index contributed by atoms with van der Waals surface area (Å²) >= 11 is 6.10. The molecule has 3 heterocycles. The summed E-state index contributed by atoms with van der Waals surface area (Å²) in [5.74, 6) is -0.452. The average Bonchev–Trinajstić information content (AvgIpc) is 3.19. The minimum absolute atomic E-state index is 0.0401. The van der Waals surface area contributed by atoms with Crippen molar-refractivity contribution >= 4 is 29.5 Å². The van der Waals surface area contributed by atoms with E-state index in [0.717, 1.165) is 10.6 Å². The Morgan fingerprint density at radius 2 is 2.03 bits per heavy atom. The number of aliphatic hydroxyl groups excluding tert-OH is 1. The Morgan fingerprint density at radius 1 is 1.28 bits per heavy atom. The van der Waals surface area contributed by atoms with Gasteiger partial charge in [0, 0.05) is 42.7 Å². The number of carbonyl (C=O) groups excluding carboxylic acids is 2. The minimum atomic E-state index is -0.729. The average molecular weight is 422 g/mol. The Morgan fingerprint density at radius 3 is 2.72 bits per heavy atom. The van der Waals surface area contributed by atoms with Crippen LogP contribution < -0.4 is 0 Å². The highest BCUT2D eigenvalue weighted by Crippen LogP contribution is 2.35. The van der Waals surface area contributed by atoms with Crippen LogP contribution in [0.1, 0.15) is 18.9 Å². The van der Waals surface area contributed by atoms with Crippen LogP contribution in [-0.4, -0.2) is 75.0 Å². The SMILES string of the molecule is CC1=CN2C(=NC3C2C(=O)N(Cc2c(F)cccc2Cl)C(=O)N3C)N1CCCO. The van der Waals surface area contributed by atoms with E-state index < -0.39 is 30.0 Å². The third kappa shape index (κ3) is 3.05. The number of benzene rings is 1. The molecule has 8 nitrogen and oxygen atoms in total. The van der Waals surface area contributed by atoms with Gasteiger partial charge in [-0.15, -0.1) is 0 Å². The first-order valence-electron chi connectivity index (χ1n) is 9.29. The molecule has 3 aliphatic rings. The van der Waals surface area contributed by atoms with Crippen molar-refractivity contribution in [3.63, 3.8) is 0 Å². The molecule has 3 amide bonds. The van der Waals surface area contributed by atoms with E-state index in [0.29, 0.717) is 18.9 Å². The first-order valence-corrected chi connectivity index (χ1v) is 9.67. The van der Waals surface area contributed by atoms with Crippen molar-refractivity contribution in [1.29, 1.82) is 0 Å². The summed E-state index contributed by atoms with van der Waals surface area (Å²) in [5.41, 5.74) is 0.992. The van der Waals surface area contributed by atoms with Gasteiger partial charge in [-0.25, -0.2) is 14.2 Å². The summed E-state index contributed by atoms with van der Waals surface area (Å²) in [6.45, 7) is 2.23. The summed E-state index contributed by atoms with van der Waals surface area (Å²) in [7, 11) is 1.57. The Labute approximate surface area is 172 Å². The lowest BCUT2D eigenvalue weighted by molar-refractivity contribution is -0.137. The number of guanidine groups is 1. The molecule has 2 atom stereocenters. The highest BCUT2D eigenvalue weighted by atomic mass is 35.5. The van der Waals surface area contributed by atoms with E-state index in [1.54, 1.807) is 11.9 Å². The predicted octanol–water partition coefficient (Wildman–Crippen LogP) is 1.80. The number of fused-ring (bicyclic) bond motifs is 3. The van der Waals surface area contributed by atoms with Gasteiger partial charge in [-0.2, -0.15) is 0 Å². The fourth-order valence-corrected chi connectivity index (χ4v) is 4.12. The number of hydrogen-bond acceptors (Lipinski definition) is 6. The molecule has 154 valence electrons. The topological polar surface area (TPSA) is 79.7 Å². The number of aliphatic imine (C=N–C) groups is 1. The van der Waals surface area contributed by atoms with Crippen molar-refractivity contribution in [2.24, 2.45) is 4.99 Å². The third-order valence-corrected chi connectivity index (χ3v) is 5.77. The first kappa shape index (κ1) is 19.7. The van der Waals surface area contributed by atoms with Crippen LogP contribution in [0.25, 0.3) is 0 Å². The van der Waals surface area contributed by atoms with Crippen molar-refractivity contribution in [3.05, 3.63) is 46.5 Å². The van der Waals surface area contributed by atoms with E-state index in [1.165, 1.54) is 23.1 Å². The molecule has 4 rings (SSSR count). The number of halogens is 2. The Kier molecular flexibility index (Phi) is 4.95. The van der Waals surface area contributed by atoms with Gasteiger partial charge in [0.2, 0.25) is 5.96 Å². The van der Waals surface area contributed by atoms with E-state index in [2.05, 4.69) is 4.99 Å². The number of amides is 3. The second-order valence-electron chi connectivity index (χ2n) is 7.21. The lowest BCUT2D eigenvalue weighted by atomic mass is 10.1. The lowest BCUT2D eigenvalue weighted by Gasteiger charge is -2.40. The lowest BCUT2D eigenvalue weighted by Crippen LogP contribution is -2.63. The Bertz CT molecular complexity index is 916. The van der Waals surface area contributed by atoms with Gasteiger partial charge in [-0.3, -0.25) is 9.69 Å². The highest BCUT2D eigenvalue weighted by Gasteiger charge is 2.54. The van der Waals surface area contributed by atoms with Crippen LogP contribution in [0.3, 0.4) is 0 Å². The molecule has 0 spiro atoms. The maximum atomic E-state index is 14.2. The second kappa shape index (κ2) is 7.31. The number of rotatable bonds is 5.